The molecule has 1 aliphatic rings. The first-order chi connectivity index (χ1) is 16.1. The molecule has 2 heterocycles. The molecule has 0 spiro atoms. The number of carbonyl (C=O) groups is 1. The van der Waals surface area contributed by atoms with Crippen LogP contribution in [0.5, 0.6) is 5.75 Å². The zero-order valence-electron chi connectivity index (χ0n) is 19.1. The average molecular weight is 438 g/mol. The molecule has 1 unspecified atom stereocenters. The van der Waals surface area contributed by atoms with Gasteiger partial charge in [-0.25, -0.2) is 0 Å². The van der Waals surface area contributed by atoms with Gasteiger partial charge in [-0.3, -0.25) is 9.89 Å². The molecule has 1 N–H and O–H groups in total. The number of hydrogen-bond acceptors (Lipinski definition) is 3. The lowest BCUT2D eigenvalue weighted by Gasteiger charge is -2.27. The van der Waals surface area contributed by atoms with Crippen molar-refractivity contribution in [3.63, 3.8) is 0 Å². The molecule has 1 amide bonds. The van der Waals surface area contributed by atoms with E-state index in [0.29, 0.717) is 12.2 Å². The maximum absolute atomic E-state index is 13.6. The highest BCUT2D eigenvalue weighted by Gasteiger charge is 2.42. The number of carbonyl (C=O) groups excluding carboxylic acids is 1. The van der Waals surface area contributed by atoms with Crippen molar-refractivity contribution in [1.82, 2.24) is 15.1 Å². The van der Waals surface area contributed by atoms with Gasteiger partial charge in [-0.15, -0.1) is 0 Å². The Morgan fingerprint density at radius 2 is 1.61 bits per heavy atom. The van der Waals surface area contributed by atoms with Gasteiger partial charge in [-0.1, -0.05) is 61.0 Å². The van der Waals surface area contributed by atoms with E-state index in [0.717, 1.165) is 40.1 Å². The molecule has 166 valence electrons. The third kappa shape index (κ3) is 3.80. The number of aromatic nitrogens is 2. The number of amides is 1. The smallest absolute Gasteiger partial charge is 0.273 e. The summed E-state index contributed by atoms with van der Waals surface area (Å²) in [7, 11) is 1.65. The van der Waals surface area contributed by atoms with Gasteiger partial charge in [0.05, 0.1) is 18.8 Å². The van der Waals surface area contributed by atoms with Gasteiger partial charge in [0.2, 0.25) is 0 Å². The van der Waals surface area contributed by atoms with Crippen molar-refractivity contribution in [3.05, 3.63) is 106 Å². The van der Waals surface area contributed by atoms with Gasteiger partial charge in [-0.05, 0) is 54.3 Å². The van der Waals surface area contributed by atoms with Gasteiger partial charge in [0.15, 0.2) is 0 Å². The highest BCUT2D eigenvalue weighted by atomic mass is 16.5. The normalized spacial score (nSPS) is 15.1. The SMILES string of the molecule is CCc1ccc(C2c3c(-c4ccc(OC)cc4)n[nH]c3C(=O)N2Cc2ccc(C)cc2)cc1. The third-order valence-corrected chi connectivity index (χ3v) is 6.40. The molecule has 33 heavy (non-hydrogen) atoms. The largest absolute Gasteiger partial charge is 0.497 e. The number of benzene rings is 3. The van der Waals surface area contributed by atoms with Crippen LogP contribution >= 0.6 is 0 Å². The lowest BCUT2D eigenvalue weighted by Crippen LogP contribution is -2.29. The Balaban J connectivity index is 1.61. The van der Waals surface area contributed by atoms with Gasteiger partial charge >= 0.3 is 0 Å². The standard InChI is InChI=1S/C28H27N3O2/c1-4-19-9-11-22(12-10-19)27-24-25(21-13-15-23(33-3)16-14-21)29-30-26(24)28(32)31(27)17-20-7-5-18(2)6-8-20/h5-16,27H,4,17H2,1-3H3,(H,29,30). The molecule has 0 bridgehead atoms. The second-order valence-electron chi connectivity index (χ2n) is 8.51. The monoisotopic (exact) mass is 437 g/mol. The number of nitrogens with one attached hydrogen (secondary N) is 1. The Bertz CT molecular complexity index is 1270. The summed E-state index contributed by atoms with van der Waals surface area (Å²) in [5.74, 6) is 0.761. The highest BCUT2D eigenvalue weighted by molar-refractivity contribution is 6.00. The number of fused-ring (bicyclic) bond motifs is 1. The second kappa shape index (κ2) is 8.58. The Kier molecular flexibility index (Phi) is 5.47. The van der Waals surface area contributed by atoms with E-state index in [4.69, 9.17) is 4.74 Å². The fourth-order valence-electron chi connectivity index (χ4n) is 4.50. The second-order valence-corrected chi connectivity index (χ2v) is 8.51. The molecular weight excluding hydrogens is 410 g/mol. The van der Waals surface area contributed by atoms with Crippen LogP contribution in [0.15, 0.2) is 72.8 Å². The summed E-state index contributed by atoms with van der Waals surface area (Å²) >= 11 is 0. The van der Waals surface area contributed by atoms with Gasteiger partial charge in [0, 0.05) is 17.7 Å². The first-order valence-corrected chi connectivity index (χ1v) is 11.3. The van der Waals surface area contributed by atoms with Crippen molar-refractivity contribution in [2.24, 2.45) is 0 Å². The summed E-state index contributed by atoms with van der Waals surface area (Å²) in [6.45, 7) is 4.75. The lowest BCUT2D eigenvalue weighted by molar-refractivity contribution is 0.0730. The molecule has 5 rings (SSSR count). The maximum atomic E-state index is 13.6. The van der Waals surface area contributed by atoms with E-state index in [1.807, 2.05) is 29.2 Å². The molecule has 4 aromatic rings. The number of methoxy groups -OCH3 is 1. The summed E-state index contributed by atoms with van der Waals surface area (Å²) in [6, 6.07) is 24.5. The van der Waals surface area contributed by atoms with Crippen LogP contribution in [-0.4, -0.2) is 28.1 Å². The van der Waals surface area contributed by atoms with Crippen LogP contribution in [0.3, 0.4) is 0 Å². The predicted octanol–water partition coefficient (Wildman–Crippen LogP) is 5.70. The van der Waals surface area contributed by atoms with Gasteiger partial charge in [-0.2, -0.15) is 5.10 Å². The number of rotatable bonds is 6. The van der Waals surface area contributed by atoms with Crippen LogP contribution in [0.25, 0.3) is 11.3 Å². The van der Waals surface area contributed by atoms with Crippen LogP contribution in [-0.2, 0) is 13.0 Å². The minimum atomic E-state index is -0.212. The number of nitrogens with zero attached hydrogens (tertiary/aromatic N) is 2. The molecule has 0 saturated carbocycles. The molecule has 0 fully saturated rings. The van der Waals surface area contributed by atoms with Crippen molar-refractivity contribution in [1.29, 1.82) is 0 Å². The fourth-order valence-corrected chi connectivity index (χ4v) is 4.50. The van der Waals surface area contributed by atoms with E-state index < -0.39 is 0 Å². The fraction of sp³-hybridized carbons (Fsp3) is 0.214. The Morgan fingerprint density at radius 1 is 0.939 bits per heavy atom. The Hall–Kier alpha value is -3.86. The molecule has 0 radical (unpaired) electrons. The summed E-state index contributed by atoms with van der Waals surface area (Å²) in [4.78, 5) is 15.5. The van der Waals surface area contributed by atoms with Crippen LogP contribution < -0.4 is 4.74 Å². The number of hydrogen-bond donors (Lipinski definition) is 1. The van der Waals surface area contributed by atoms with E-state index in [-0.39, 0.29) is 11.9 Å². The molecule has 1 aliphatic heterocycles. The van der Waals surface area contributed by atoms with Crippen LogP contribution in [0.1, 0.15) is 51.3 Å². The number of ether oxygens (including phenoxy) is 1. The number of H-pyrrole nitrogens is 1. The quantitative estimate of drug-likeness (QED) is 0.421. The van der Waals surface area contributed by atoms with Crippen molar-refractivity contribution < 1.29 is 9.53 Å². The number of aromatic amines is 1. The molecule has 3 aromatic carbocycles. The van der Waals surface area contributed by atoms with Crippen LogP contribution in [0.4, 0.5) is 0 Å². The van der Waals surface area contributed by atoms with E-state index in [1.165, 1.54) is 11.1 Å². The first kappa shape index (κ1) is 21.0. The predicted molar refractivity (Wildman–Crippen MR) is 129 cm³/mol. The summed E-state index contributed by atoms with van der Waals surface area (Å²) in [6.07, 6.45) is 0.977. The first-order valence-electron chi connectivity index (χ1n) is 11.3. The van der Waals surface area contributed by atoms with Gasteiger partial charge < -0.3 is 9.64 Å². The third-order valence-electron chi connectivity index (χ3n) is 6.40. The molecule has 5 nitrogen and oxygen atoms in total. The minimum absolute atomic E-state index is 0.0256. The van der Waals surface area contributed by atoms with E-state index in [9.17, 15) is 4.79 Å². The zero-order valence-corrected chi connectivity index (χ0v) is 19.1. The van der Waals surface area contributed by atoms with E-state index in [1.54, 1.807) is 7.11 Å². The Morgan fingerprint density at radius 3 is 2.24 bits per heavy atom. The van der Waals surface area contributed by atoms with Crippen molar-refractivity contribution in [2.45, 2.75) is 32.9 Å². The summed E-state index contributed by atoms with van der Waals surface area (Å²) in [5.41, 5.74) is 7.92. The summed E-state index contributed by atoms with van der Waals surface area (Å²) < 4.78 is 5.31. The molecule has 0 saturated heterocycles. The van der Waals surface area contributed by atoms with Gasteiger partial charge in [0.25, 0.3) is 5.91 Å². The molecule has 0 aliphatic carbocycles. The van der Waals surface area contributed by atoms with Gasteiger partial charge in [0.1, 0.15) is 11.4 Å². The molecule has 5 heteroatoms. The Labute approximate surface area is 194 Å². The highest BCUT2D eigenvalue weighted by Crippen LogP contribution is 2.43. The van der Waals surface area contributed by atoms with Crippen molar-refractivity contribution in [3.8, 4) is 17.0 Å². The lowest BCUT2D eigenvalue weighted by atomic mass is 9.95. The maximum Gasteiger partial charge on any atom is 0.273 e. The average Bonchev–Trinajstić information content (AvgIpc) is 3.40. The van der Waals surface area contributed by atoms with Crippen molar-refractivity contribution >= 4 is 5.91 Å². The minimum Gasteiger partial charge on any atom is -0.497 e. The van der Waals surface area contributed by atoms with E-state index >= 15 is 0 Å². The van der Waals surface area contributed by atoms with Crippen LogP contribution in [0, 0.1) is 6.92 Å². The summed E-state index contributed by atoms with van der Waals surface area (Å²) in [5, 5.41) is 7.60. The topological polar surface area (TPSA) is 58.2 Å². The molecule has 1 aromatic heterocycles. The molecule has 1 atom stereocenters. The molecular formula is C28H27N3O2. The van der Waals surface area contributed by atoms with Crippen molar-refractivity contribution in [2.75, 3.05) is 7.11 Å². The number of aryl methyl sites for hydroxylation is 2. The van der Waals surface area contributed by atoms with Crippen LogP contribution in [0.2, 0.25) is 0 Å². The van der Waals surface area contributed by atoms with E-state index in [2.05, 4.69) is 72.6 Å². The zero-order chi connectivity index (χ0) is 22.9.